The van der Waals surface area contributed by atoms with Crippen molar-refractivity contribution in [3.63, 3.8) is 0 Å². The number of nitrogens with one attached hydrogen (secondary N) is 1. The van der Waals surface area contributed by atoms with Crippen LogP contribution in [0.25, 0.3) is 0 Å². The van der Waals surface area contributed by atoms with E-state index >= 15 is 0 Å². The number of hydrogen-bond acceptors (Lipinski definition) is 6. The molecule has 0 spiro atoms. The van der Waals surface area contributed by atoms with E-state index in [-0.39, 0.29) is 24.2 Å². The number of anilines is 1. The Bertz CT molecular complexity index is 849. The number of amides is 2. The summed E-state index contributed by atoms with van der Waals surface area (Å²) in [7, 11) is 1.61. The first kappa shape index (κ1) is 17.9. The number of para-hydroxylation sites is 1. The van der Waals surface area contributed by atoms with Crippen LogP contribution in [-0.4, -0.2) is 40.6 Å². The largest absolute Gasteiger partial charge is 0.496 e. The molecule has 8 heteroatoms. The average Bonchev–Trinajstić information content (AvgIpc) is 3.21. The van der Waals surface area contributed by atoms with Crippen molar-refractivity contribution in [2.45, 2.75) is 38.1 Å². The van der Waals surface area contributed by atoms with Gasteiger partial charge in [-0.15, -0.1) is 10.2 Å². The highest BCUT2D eigenvalue weighted by Crippen LogP contribution is 2.38. The summed E-state index contributed by atoms with van der Waals surface area (Å²) in [6.07, 6.45) is 3.75. The van der Waals surface area contributed by atoms with Crippen LogP contribution in [0.5, 0.6) is 5.75 Å². The molecule has 1 saturated heterocycles. The van der Waals surface area contributed by atoms with Crippen LogP contribution in [-0.2, 0) is 16.1 Å². The van der Waals surface area contributed by atoms with Gasteiger partial charge in [0.2, 0.25) is 16.9 Å². The first-order valence-corrected chi connectivity index (χ1v) is 9.99. The maximum Gasteiger partial charge on any atom is 0.231 e. The summed E-state index contributed by atoms with van der Waals surface area (Å²) < 4.78 is 5.35. The van der Waals surface area contributed by atoms with Crippen LogP contribution in [0.15, 0.2) is 24.3 Å². The molecule has 1 aliphatic heterocycles. The van der Waals surface area contributed by atoms with Gasteiger partial charge >= 0.3 is 0 Å². The summed E-state index contributed by atoms with van der Waals surface area (Å²) in [4.78, 5) is 26.6. The topological polar surface area (TPSA) is 84.4 Å². The van der Waals surface area contributed by atoms with Crippen LogP contribution < -0.4 is 10.1 Å². The number of rotatable bonds is 6. The lowest BCUT2D eigenvalue weighted by Crippen LogP contribution is -2.28. The van der Waals surface area contributed by atoms with Gasteiger partial charge in [0.15, 0.2) is 0 Å². The number of carbonyl (C=O) groups excluding carboxylic acids is 2. The third kappa shape index (κ3) is 3.80. The summed E-state index contributed by atoms with van der Waals surface area (Å²) in [6.45, 7) is 0.842. The molecule has 27 heavy (non-hydrogen) atoms. The Labute approximate surface area is 161 Å². The third-order valence-electron chi connectivity index (χ3n) is 5.26. The molecule has 2 fully saturated rings. The van der Waals surface area contributed by atoms with E-state index in [1.165, 1.54) is 17.8 Å². The van der Waals surface area contributed by atoms with Gasteiger partial charge in [0, 0.05) is 31.0 Å². The van der Waals surface area contributed by atoms with Crippen molar-refractivity contribution in [2.24, 2.45) is 5.92 Å². The summed E-state index contributed by atoms with van der Waals surface area (Å²) in [5.74, 6) is 0.687. The molecule has 2 amide bonds. The number of hydrogen-bond donors (Lipinski definition) is 1. The minimum Gasteiger partial charge on any atom is -0.496 e. The molecular weight excluding hydrogens is 364 g/mol. The zero-order chi connectivity index (χ0) is 18.8. The second-order valence-electron chi connectivity index (χ2n) is 7.05. The lowest BCUT2D eigenvalue weighted by atomic mass is 9.86. The SMILES string of the molecule is COc1ccccc1CN1C[C@@H](C(=O)Nc2nnc(C3CCC3)s2)CC1=O. The highest BCUT2D eigenvalue weighted by molar-refractivity contribution is 7.15. The van der Waals surface area contributed by atoms with Crippen molar-refractivity contribution in [2.75, 3.05) is 19.0 Å². The Morgan fingerprint density at radius 1 is 1.33 bits per heavy atom. The maximum atomic E-state index is 12.6. The van der Waals surface area contributed by atoms with E-state index in [2.05, 4.69) is 15.5 Å². The predicted octanol–water partition coefficient (Wildman–Crippen LogP) is 2.80. The van der Waals surface area contributed by atoms with Crippen molar-refractivity contribution in [3.8, 4) is 5.75 Å². The minimum atomic E-state index is -0.372. The van der Waals surface area contributed by atoms with E-state index < -0.39 is 0 Å². The molecule has 2 heterocycles. The van der Waals surface area contributed by atoms with Crippen molar-refractivity contribution in [1.29, 1.82) is 0 Å². The van der Waals surface area contributed by atoms with E-state index in [9.17, 15) is 9.59 Å². The Balaban J connectivity index is 1.36. The van der Waals surface area contributed by atoms with Gasteiger partial charge in [0.05, 0.1) is 13.0 Å². The molecule has 142 valence electrons. The van der Waals surface area contributed by atoms with Crippen LogP contribution in [0, 0.1) is 5.92 Å². The number of aromatic nitrogens is 2. The van der Waals surface area contributed by atoms with Crippen LogP contribution >= 0.6 is 11.3 Å². The monoisotopic (exact) mass is 386 g/mol. The lowest BCUT2D eigenvalue weighted by molar-refractivity contribution is -0.128. The molecule has 0 radical (unpaired) electrons. The first-order valence-electron chi connectivity index (χ1n) is 9.18. The molecule has 1 aromatic carbocycles. The number of benzene rings is 1. The number of likely N-dealkylation sites (tertiary alicyclic amines) is 1. The normalized spacial score (nSPS) is 19.8. The summed E-state index contributed by atoms with van der Waals surface area (Å²) in [6, 6.07) is 7.61. The Morgan fingerprint density at radius 2 is 2.15 bits per heavy atom. The zero-order valence-electron chi connectivity index (χ0n) is 15.2. The molecule has 1 aliphatic carbocycles. The highest BCUT2D eigenvalue weighted by atomic mass is 32.1. The molecule has 2 aromatic rings. The number of nitrogens with zero attached hydrogens (tertiary/aromatic N) is 3. The van der Waals surface area contributed by atoms with Crippen molar-refractivity contribution in [1.82, 2.24) is 15.1 Å². The molecule has 0 unspecified atom stereocenters. The second-order valence-corrected chi connectivity index (χ2v) is 8.06. The standard InChI is InChI=1S/C19H22N4O3S/c1-26-15-8-3-2-5-13(15)10-23-11-14(9-16(23)24)17(25)20-19-22-21-18(27-19)12-6-4-7-12/h2-3,5,8,12,14H,4,6-7,9-11H2,1H3,(H,20,22,25)/t14-/m0/s1. The van der Waals surface area contributed by atoms with E-state index in [4.69, 9.17) is 4.74 Å². The zero-order valence-corrected chi connectivity index (χ0v) is 16.0. The molecule has 1 atom stereocenters. The molecule has 1 saturated carbocycles. The molecule has 4 rings (SSSR count). The van der Waals surface area contributed by atoms with Crippen LogP contribution in [0.3, 0.4) is 0 Å². The van der Waals surface area contributed by atoms with Gasteiger partial charge in [-0.25, -0.2) is 0 Å². The van der Waals surface area contributed by atoms with E-state index in [1.807, 2.05) is 24.3 Å². The van der Waals surface area contributed by atoms with Gasteiger partial charge in [0.25, 0.3) is 0 Å². The molecule has 1 aromatic heterocycles. The Kier molecular flexibility index (Phi) is 5.07. The van der Waals surface area contributed by atoms with Crippen LogP contribution in [0.1, 0.15) is 42.2 Å². The minimum absolute atomic E-state index is 0.0199. The first-order chi connectivity index (χ1) is 13.1. The average molecular weight is 386 g/mol. The van der Waals surface area contributed by atoms with E-state index in [1.54, 1.807) is 12.0 Å². The van der Waals surface area contributed by atoms with Gasteiger partial charge in [-0.1, -0.05) is 36.0 Å². The number of methoxy groups -OCH3 is 1. The fraction of sp³-hybridized carbons (Fsp3) is 0.474. The van der Waals surface area contributed by atoms with E-state index in [0.717, 1.165) is 29.2 Å². The van der Waals surface area contributed by atoms with Gasteiger partial charge in [-0.2, -0.15) is 0 Å². The molecule has 7 nitrogen and oxygen atoms in total. The smallest absolute Gasteiger partial charge is 0.231 e. The highest BCUT2D eigenvalue weighted by Gasteiger charge is 2.35. The van der Waals surface area contributed by atoms with Gasteiger partial charge < -0.3 is 15.0 Å². The van der Waals surface area contributed by atoms with Crippen molar-refractivity contribution < 1.29 is 14.3 Å². The van der Waals surface area contributed by atoms with Gasteiger partial charge in [-0.05, 0) is 18.9 Å². The molecule has 1 N–H and O–H groups in total. The Morgan fingerprint density at radius 3 is 2.89 bits per heavy atom. The molecular formula is C19H22N4O3S. The van der Waals surface area contributed by atoms with Gasteiger partial charge in [-0.3, -0.25) is 9.59 Å². The molecule has 2 aliphatic rings. The fourth-order valence-corrected chi connectivity index (χ4v) is 4.37. The quantitative estimate of drug-likeness (QED) is 0.825. The summed E-state index contributed by atoms with van der Waals surface area (Å²) >= 11 is 1.44. The predicted molar refractivity (Wildman–Crippen MR) is 102 cm³/mol. The maximum absolute atomic E-state index is 12.6. The third-order valence-corrected chi connectivity index (χ3v) is 6.27. The van der Waals surface area contributed by atoms with Gasteiger partial charge in [0.1, 0.15) is 10.8 Å². The van der Waals surface area contributed by atoms with Crippen LogP contribution in [0.2, 0.25) is 0 Å². The van der Waals surface area contributed by atoms with Crippen molar-refractivity contribution >= 4 is 28.3 Å². The summed E-state index contributed by atoms with van der Waals surface area (Å²) in [5.41, 5.74) is 0.934. The Hall–Kier alpha value is -2.48. The summed E-state index contributed by atoms with van der Waals surface area (Å²) in [5, 5.41) is 12.6. The second kappa shape index (κ2) is 7.64. The number of carbonyl (C=O) groups is 2. The molecule has 0 bridgehead atoms. The number of ether oxygens (including phenoxy) is 1. The van der Waals surface area contributed by atoms with E-state index in [0.29, 0.717) is 24.1 Å². The van der Waals surface area contributed by atoms with Crippen molar-refractivity contribution in [3.05, 3.63) is 34.8 Å². The van der Waals surface area contributed by atoms with Crippen LogP contribution in [0.4, 0.5) is 5.13 Å². The fourth-order valence-electron chi connectivity index (χ4n) is 3.45. The lowest BCUT2D eigenvalue weighted by Gasteiger charge is -2.21.